The van der Waals surface area contributed by atoms with Crippen molar-refractivity contribution in [3.8, 4) is 0 Å². The zero-order valence-electron chi connectivity index (χ0n) is 14.2. The molecule has 1 aromatic rings. The second-order valence-corrected chi connectivity index (χ2v) is 9.22. The number of hydrogen-bond acceptors (Lipinski definition) is 5. The third kappa shape index (κ3) is 3.20. The lowest BCUT2D eigenvalue weighted by Gasteiger charge is -2.27. The van der Waals surface area contributed by atoms with E-state index < -0.39 is 0 Å². The fraction of sp³-hybridized carbons (Fsp3) is 0.706. The normalized spacial score (nSPS) is 23.6. The fourth-order valence-corrected chi connectivity index (χ4v) is 5.44. The Balaban J connectivity index is 1.49. The van der Waals surface area contributed by atoms with E-state index in [1.807, 2.05) is 18.9 Å². The van der Waals surface area contributed by atoms with Crippen LogP contribution in [0.15, 0.2) is 0 Å². The van der Waals surface area contributed by atoms with Crippen LogP contribution in [-0.2, 0) is 11.2 Å². The number of carbonyl (C=O) groups excluding carboxylic acids is 2. The number of aromatic nitrogens is 1. The molecular weight excluding hydrogens is 342 g/mol. The van der Waals surface area contributed by atoms with E-state index in [0.717, 1.165) is 40.8 Å². The van der Waals surface area contributed by atoms with Crippen molar-refractivity contribution in [1.82, 2.24) is 14.8 Å². The number of likely N-dealkylation sites (N-methyl/N-ethyl adjacent to an activating group) is 1. The first-order valence-corrected chi connectivity index (χ1v) is 10.6. The van der Waals surface area contributed by atoms with Gasteiger partial charge in [0.05, 0.1) is 16.6 Å². The van der Waals surface area contributed by atoms with E-state index in [1.54, 1.807) is 16.7 Å². The molecule has 0 N–H and O–H groups in total. The van der Waals surface area contributed by atoms with Crippen LogP contribution in [0.2, 0.25) is 0 Å². The summed E-state index contributed by atoms with van der Waals surface area (Å²) in [6, 6.07) is 0.0665. The molecule has 0 bridgehead atoms. The molecule has 2 aliphatic carbocycles. The molecule has 130 valence electrons. The quantitative estimate of drug-likeness (QED) is 0.805. The van der Waals surface area contributed by atoms with Crippen LogP contribution in [0.25, 0.3) is 0 Å². The summed E-state index contributed by atoms with van der Waals surface area (Å²) in [5, 5.41) is 1.07. The first kappa shape index (κ1) is 16.4. The van der Waals surface area contributed by atoms with Gasteiger partial charge in [0.15, 0.2) is 0 Å². The highest BCUT2D eigenvalue weighted by molar-refractivity contribution is 7.99. The number of thiazole rings is 1. The maximum atomic E-state index is 13.0. The van der Waals surface area contributed by atoms with Crippen LogP contribution in [0, 0.1) is 12.8 Å². The van der Waals surface area contributed by atoms with Gasteiger partial charge in [-0.3, -0.25) is 9.59 Å². The Labute approximate surface area is 150 Å². The van der Waals surface area contributed by atoms with Gasteiger partial charge in [-0.2, -0.15) is 0 Å². The summed E-state index contributed by atoms with van der Waals surface area (Å²) in [4.78, 5) is 34.7. The molecule has 1 atom stereocenters. The summed E-state index contributed by atoms with van der Waals surface area (Å²) < 4.78 is 0. The fourth-order valence-electron chi connectivity index (χ4n) is 3.16. The highest BCUT2D eigenvalue weighted by Crippen LogP contribution is 2.35. The molecule has 1 aromatic heterocycles. The molecule has 4 rings (SSSR count). The number of thioether (sulfide) groups is 1. The highest BCUT2D eigenvalue weighted by atomic mass is 32.2. The molecule has 0 aromatic carbocycles. The van der Waals surface area contributed by atoms with Gasteiger partial charge in [-0.15, -0.1) is 23.1 Å². The van der Waals surface area contributed by atoms with E-state index in [9.17, 15) is 9.59 Å². The average Bonchev–Trinajstić information content (AvgIpc) is 3.48. The molecule has 0 radical (unpaired) electrons. The van der Waals surface area contributed by atoms with Crippen LogP contribution in [0.3, 0.4) is 0 Å². The van der Waals surface area contributed by atoms with Gasteiger partial charge in [-0.05, 0) is 38.5 Å². The third-order valence-corrected chi connectivity index (χ3v) is 7.25. The van der Waals surface area contributed by atoms with Crippen molar-refractivity contribution in [2.75, 3.05) is 18.7 Å². The minimum Gasteiger partial charge on any atom is -0.341 e. The van der Waals surface area contributed by atoms with E-state index in [2.05, 4.69) is 4.98 Å². The van der Waals surface area contributed by atoms with Gasteiger partial charge in [0.1, 0.15) is 10.9 Å². The van der Waals surface area contributed by atoms with Crippen molar-refractivity contribution < 1.29 is 9.59 Å². The number of carbonyl (C=O) groups is 2. The molecule has 7 heteroatoms. The number of rotatable bonds is 5. The first-order chi connectivity index (χ1) is 11.5. The van der Waals surface area contributed by atoms with Gasteiger partial charge in [0, 0.05) is 25.3 Å². The van der Waals surface area contributed by atoms with Crippen LogP contribution in [0.1, 0.15) is 46.1 Å². The summed E-state index contributed by atoms with van der Waals surface area (Å²) in [7, 11) is 1.87. The number of amides is 2. The van der Waals surface area contributed by atoms with Crippen molar-refractivity contribution in [2.24, 2.45) is 5.92 Å². The predicted molar refractivity (Wildman–Crippen MR) is 96.4 cm³/mol. The highest BCUT2D eigenvalue weighted by Gasteiger charge is 2.41. The molecule has 1 aliphatic heterocycles. The van der Waals surface area contributed by atoms with Gasteiger partial charge in [-0.25, -0.2) is 4.98 Å². The summed E-state index contributed by atoms with van der Waals surface area (Å²) in [5.41, 5.74) is 0.819. The van der Waals surface area contributed by atoms with Gasteiger partial charge in [0.2, 0.25) is 5.91 Å². The largest absolute Gasteiger partial charge is 0.341 e. The van der Waals surface area contributed by atoms with Gasteiger partial charge >= 0.3 is 0 Å². The molecular formula is C17H23N3O2S2. The van der Waals surface area contributed by atoms with Crippen LogP contribution in [0.5, 0.6) is 0 Å². The zero-order valence-corrected chi connectivity index (χ0v) is 15.8. The van der Waals surface area contributed by atoms with Gasteiger partial charge < -0.3 is 9.80 Å². The Hall–Kier alpha value is -1.08. The first-order valence-electron chi connectivity index (χ1n) is 8.66. The zero-order chi connectivity index (χ0) is 16.8. The molecule has 24 heavy (non-hydrogen) atoms. The van der Waals surface area contributed by atoms with Crippen molar-refractivity contribution in [1.29, 1.82) is 0 Å². The Morgan fingerprint density at radius 2 is 2.04 bits per heavy atom. The van der Waals surface area contributed by atoms with Crippen LogP contribution >= 0.6 is 23.1 Å². The van der Waals surface area contributed by atoms with E-state index in [1.165, 1.54) is 24.2 Å². The van der Waals surface area contributed by atoms with Crippen molar-refractivity contribution in [2.45, 2.75) is 51.1 Å². The SMILES string of the molecule is Cc1nc(CC2CC2)sc1C(=O)N1CSCC1C(=O)N(C)C1CC1. The van der Waals surface area contributed by atoms with Crippen molar-refractivity contribution in [3.05, 3.63) is 15.6 Å². The lowest BCUT2D eigenvalue weighted by atomic mass is 10.2. The van der Waals surface area contributed by atoms with Crippen molar-refractivity contribution >= 4 is 34.9 Å². The van der Waals surface area contributed by atoms with Crippen molar-refractivity contribution in [3.63, 3.8) is 0 Å². The molecule has 2 amide bonds. The summed E-state index contributed by atoms with van der Waals surface area (Å²) >= 11 is 3.19. The second kappa shape index (κ2) is 6.33. The molecule has 1 unspecified atom stereocenters. The summed E-state index contributed by atoms with van der Waals surface area (Å²) in [6.07, 6.45) is 5.76. The summed E-state index contributed by atoms with van der Waals surface area (Å²) in [6.45, 7) is 1.91. The third-order valence-electron chi connectivity index (χ3n) is 5.07. The van der Waals surface area contributed by atoms with Crippen LogP contribution in [-0.4, -0.2) is 57.4 Å². The lowest BCUT2D eigenvalue weighted by molar-refractivity contribution is -0.134. The van der Waals surface area contributed by atoms with Gasteiger partial charge in [0.25, 0.3) is 5.91 Å². The molecule has 2 saturated carbocycles. The molecule has 5 nitrogen and oxygen atoms in total. The maximum absolute atomic E-state index is 13.0. The van der Waals surface area contributed by atoms with E-state index >= 15 is 0 Å². The maximum Gasteiger partial charge on any atom is 0.267 e. The molecule has 1 saturated heterocycles. The Morgan fingerprint density at radius 3 is 2.71 bits per heavy atom. The van der Waals surface area contributed by atoms with E-state index in [4.69, 9.17) is 0 Å². The number of aryl methyl sites for hydroxylation is 1. The minimum absolute atomic E-state index is 0.0143. The molecule has 3 fully saturated rings. The predicted octanol–water partition coefficient (Wildman–Crippen LogP) is 2.54. The van der Waals surface area contributed by atoms with E-state index in [-0.39, 0.29) is 17.9 Å². The monoisotopic (exact) mass is 365 g/mol. The Morgan fingerprint density at radius 1 is 1.29 bits per heavy atom. The van der Waals surface area contributed by atoms with Gasteiger partial charge in [-0.1, -0.05) is 0 Å². The lowest BCUT2D eigenvalue weighted by Crippen LogP contribution is -2.48. The minimum atomic E-state index is -0.318. The molecule has 3 aliphatic rings. The molecule has 0 spiro atoms. The number of hydrogen-bond donors (Lipinski definition) is 0. The average molecular weight is 366 g/mol. The molecule has 2 heterocycles. The number of nitrogens with zero attached hydrogens (tertiary/aromatic N) is 3. The van der Waals surface area contributed by atoms with Crippen LogP contribution in [0.4, 0.5) is 0 Å². The van der Waals surface area contributed by atoms with Crippen LogP contribution < -0.4 is 0 Å². The Kier molecular flexibility index (Phi) is 4.33. The smallest absolute Gasteiger partial charge is 0.267 e. The second-order valence-electron chi connectivity index (χ2n) is 7.14. The topological polar surface area (TPSA) is 53.5 Å². The van der Waals surface area contributed by atoms with E-state index in [0.29, 0.717) is 17.7 Å². The summed E-state index contributed by atoms with van der Waals surface area (Å²) in [5.74, 6) is 2.15. The Bertz CT molecular complexity index is 667. The standard InChI is InChI=1S/C17H23N3O2S2/c1-10-15(24-14(18-10)7-11-3-4-11)17(22)20-9-23-8-13(20)16(21)19(2)12-5-6-12/h11-13H,3-9H2,1-2H3.